The van der Waals surface area contributed by atoms with Gasteiger partial charge in [-0.05, 0) is 12.1 Å². The van der Waals surface area contributed by atoms with Crippen molar-refractivity contribution in [2.45, 2.75) is 12.2 Å². The van der Waals surface area contributed by atoms with Crippen LogP contribution in [0.4, 0.5) is 18.9 Å². The molecule has 0 aliphatic carbocycles. The zero-order valence-corrected chi connectivity index (χ0v) is 15.0. The van der Waals surface area contributed by atoms with Crippen LogP contribution in [0.3, 0.4) is 0 Å². The summed E-state index contributed by atoms with van der Waals surface area (Å²) in [6.45, 7) is 0.538. The number of carbonyl (C=O) groups is 1. The highest BCUT2D eigenvalue weighted by Gasteiger charge is 2.44. The Bertz CT molecular complexity index is 655. The van der Waals surface area contributed by atoms with Crippen molar-refractivity contribution in [3.8, 4) is 0 Å². The molecule has 1 amide bonds. The summed E-state index contributed by atoms with van der Waals surface area (Å²) in [6, 6.07) is 1.50. The van der Waals surface area contributed by atoms with Crippen LogP contribution >= 0.6 is 24.0 Å². The summed E-state index contributed by atoms with van der Waals surface area (Å²) < 4.78 is 39.8. The fourth-order valence-electron chi connectivity index (χ4n) is 2.58. The lowest BCUT2D eigenvalue weighted by Gasteiger charge is -2.35. The van der Waals surface area contributed by atoms with Crippen molar-refractivity contribution in [3.63, 3.8) is 0 Å². The number of nitrogens with one attached hydrogen (secondary N) is 2. The number of hydrogen-bond donors (Lipinski definition) is 2. The number of carbonyl (C=O) groups excluding carboxylic acids is 1. The van der Waals surface area contributed by atoms with E-state index in [2.05, 4.69) is 10.6 Å². The normalized spacial score (nSPS) is 16.5. The topological polar surface area (TPSA) is 87.5 Å². The molecule has 146 valence electrons. The first-order valence-corrected chi connectivity index (χ1v) is 7.81. The number of alkyl halides is 3. The zero-order chi connectivity index (χ0) is 18.6. The first kappa shape index (κ1) is 22.4. The molecule has 1 aliphatic rings. The van der Waals surface area contributed by atoms with Gasteiger partial charge in [0.2, 0.25) is 0 Å². The Labute approximate surface area is 158 Å². The van der Waals surface area contributed by atoms with E-state index in [1.165, 1.54) is 11.0 Å². The van der Waals surface area contributed by atoms with E-state index in [0.29, 0.717) is 13.1 Å². The second-order valence-corrected chi connectivity index (χ2v) is 5.91. The van der Waals surface area contributed by atoms with Crippen molar-refractivity contribution >= 4 is 35.6 Å². The quantitative estimate of drug-likeness (QED) is 0.567. The predicted molar refractivity (Wildman–Crippen MR) is 92.0 cm³/mol. The lowest BCUT2D eigenvalue weighted by Crippen LogP contribution is -2.57. The van der Waals surface area contributed by atoms with Crippen molar-refractivity contribution in [1.29, 1.82) is 0 Å². The number of nitro groups is 1. The van der Waals surface area contributed by atoms with Gasteiger partial charge in [0, 0.05) is 43.8 Å². The highest BCUT2D eigenvalue weighted by atomic mass is 35.5. The van der Waals surface area contributed by atoms with Gasteiger partial charge in [-0.3, -0.25) is 19.8 Å². The minimum atomic E-state index is -4.53. The molecular formula is C14H17Cl2F3N4O3. The van der Waals surface area contributed by atoms with Gasteiger partial charge >= 0.3 is 6.18 Å². The van der Waals surface area contributed by atoms with Crippen LogP contribution in [0.25, 0.3) is 0 Å². The first-order valence-electron chi connectivity index (χ1n) is 7.44. The number of rotatable bonds is 5. The van der Waals surface area contributed by atoms with E-state index in [1.54, 1.807) is 0 Å². The third kappa shape index (κ3) is 5.70. The van der Waals surface area contributed by atoms with Crippen LogP contribution in [0, 0.1) is 10.1 Å². The van der Waals surface area contributed by atoms with Gasteiger partial charge in [0.25, 0.3) is 11.6 Å². The molecule has 7 nitrogen and oxygen atoms in total. The van der Waals surface area contributed by atoms with E-state index in [-0.39, 0.29) is 36.1 Å². The average Bonchev–Trinajstić information content (AvgIpc) is 2.54. The fraction of sp³-hybridized carbons (Fsp3) is 0.500. The molecule has 26 heavy (non-hydrogen) atoms. The Morgan fingerprint density at radius 3 is 2.54 bits per heavy atom. The Morgan fingerprint density at radius 1 is 1.38 bits per heavy atom. The van der Waals surface area contributed by atoms with Gasteiger partial charge in [0.05, 0.1) is 4.92 Å². The van der Waals surface area contributed by atoms with Crippen molar-refractivity contribution in [1.82, 2.24) is 15.5 Å². The molecule has 1 aromatic carbocycles. The van der Waals surface area contributed by atoms with Crippen molar-refractivity contribution in [2.75, 3.05) is 32.7 Å². The maximum absolute atomic E-state index is 13.3. The van der Waals surface area contributed by atoms with Gasteiger partial charge in [0.1, 0.15) is 11.6 Å². The third-order valence-electron chi connectivity index (χ3n) is 3.83. The van der Waals surface area contributed by atoms with Crippen molar-refractivity contribution in [2.24, 2.45) is 0 Å². The average molecular weight is 417 g/mol. The van der Waals surface area contributed by atoms with Gasteiger partial charge in [0.15, 0.2) is 0 Å². The van der Waals surface area contributed by atoms with E-state index in [1.807, 2.05) is 0 Å². The van der Waals surface area contributed by atoms with Crippen LogP contribution in [0.5, 0.6) is 0 Å². The summed E-state index contributed by atoms with van der Waals surface area (Å²) in [4.78, 5) is 23.6. The Kier molecular flexibility index (Phi) is 8.07. The molecule has 2 N–H and O–H groups in total. The Morgan fingerprint density at radius 2 is 2.00 bits per heavy atom. The molecule has 1 heterocycles. The molecule has 0 saturated carbocycles. The standard InChI is InChI=1S/C14H16ClF3N4O3.ClH/c15-9-1-2-10(11(7-9)22(24)25)13(23)20-8-12(14(16,17)18)21-5-3-19-4-6-21;/h1-2,7,12,19H,3-6,8H2,(H,20,23);1H. The molecule has 2 rings (SSSR count). The lowest BCUT2D eigenvalue weighted by molar-refractivity contribution is -0.385. The van der Waals surface area contributed by atoms with Crippen LogP contribution in [0.2, 0.25) is 5.02 Å². The number of piperazine rings is 1. The van der Waals surface area contributed by atoms with Crippen LogP contribution in [-0.2, 0) is 0 Å². The third-order valence-corrected chi connectivity index (χ3v) is 4.06. The summed E-state index contributed by atoms with van der Waals surface area (Å²) in [5.41, 5.74) is -0.897. The molecule has 1 atom stereocenters. The summed E-state index contributed by atoms with van der Waals surface area (Å²) >= 11 is 5.66. The van der Waals surface area contributed by atoms with E-state index < -0.39 is 35.3 Å². The van der Waals surface area contributed by atoms with E-state index in [9.17, 15) is 28.1 Å². The predicted octanol–water partition coefficient (Wildman–Crippen LogP) is 2.24. The van der Waals surface area contributed by atoms with Crippen LogP contribution in [-0.4, -0.2) is 60.7 Å². The van der Waals surface area contributed by atoms with Gasteiger partial charge in [-0.15, -0.1) is 12.4 Å². The second kappa shape index (κ2) is 9.36. The number of hydrogen-bond acceptors (Lipinski definition) is 5. The summed E-state index contributed by atoms with van der Waals surface area (Å²) in [7, 11) is 0. The maximum atomic E-state index is 13.3. The number of amides is 1. The highest BCUT2D eigenvalue weighted by Crippen LogP contribution is 2.26. The fourth-order valence-corrected chi connectivity index (χ4v) is 2.74. The van der Waals surface area contributed by atoms with Gasteiger partial charge in [-0.2, -0.15) is 13.2 Å². The summed E-state index contributed by atoms with van der Waals surface area (Å²) in [5.74, 6) is -0.951. The van der Waals surface area contributed by atoms with Crippen LogP contribution < -0.4 is 10.6 Å². The van der Waals surface area contributed by atoms with Gasteiger partial charge < -0.3 is 10.6 Å². The molecule has 0 bridgehead atoms. The molecule has 1 fully saturated rings. The second-order valence-electron chi connectivity index (χ2n) is 5.47. The molecule has 1 unspecified atom stereocenters. The molecule has 0 radical (unpaired) electrons. The number of nitrogens with zero attached hydrogens (tertiary/aromatic N) is 2. The maximum Gasteiger partial charge on any atom is 0.405 e. The lowest BCUT2D eigenvalue weighted by atomic mass is 10.1. The molecule has 1 saturated heterocycles. The van der Waals surface area contributed by atoms with E-state index >= 15 is 0 Å². The van der Waals surface area contributed by atoms with E-state index in [0.717, 1.165) is 12.1 Å². The first-order chi connectivity index (χ1) is 11.7. The number of halogens is 5. The Balaban J connectivity index is 0.00000338. The highest BCUT2D eigenvalue weighted by molar-refractivity contribution is 6.31. The van der Waals surface area contributed by atoms with Crippen LogP contribution in [0.15, 0.2) is 18.2 Å². The van der Waals surface area contributed by atoms with Crippen molar-refractivity contribution in [3.05, 3.63) is 38.9 Å². The molecule has 1 aliphatic heterocycles. The molecular weight excluding hydrogens is 400 g/mol. The zero-order valence-electron chi connectivity index (χ0n) is 13.4. The van der Waals surface area contributed by atoms with Gasteiger partial charge in [-0.25, -0.2) is 0 Å². The minimum absolute atomic E-state index is 0. The Hall–Kier alpha value is -1.62. The number of nitro benzene ring substituents is 1. The van der Waals surface area contributed by atoms with Crippen molar-refractivity contribution < 1.29 is 22.9 Å². The molecule has 0 spiro atoms. The minimum Gasteiger partial charge on any atom is -0.350 e. The van der Waals surface area contributed by atoms with Crippen LogP contribution in [0.1, 0.15) is 10.4 Å². The van der Waals surface area contributed by atoms with E-state index in [4.69, 9.17) is 11.6 Å². The largest absolute Gasteiger partial charge is 0.405 e. The monoisotopic (exact) mass is 416 g/mol. The molecule has 0 aromatic heterocycles. The SMILES string of the molecule is Cl.O=C(NCC(N1CCNCC1)C(F)(F)F)c1ccc(Cl)cc1[N+](=O)[O-]. The molecule has 1 aromatic rings. The number of benzene rings is 1. The summed E-state index contributed by atoms with van der Waals surface area (Å²) in [5, 5.41) is 16.2. The summed E-state index contributed by atoms with van der Waals surface area (Å²) in [6.07, 6.45) is -4.53. The smallest absolute Gasteiger partial charge is 0.350 e. The molecule has 12 heteroatoms. The van der Waals surface area contributed by atoms with Gasteiger partial charge in [-0.1, -0.05) is 11.6 Å².